The highest BCUT2D eigenvalue weighted by Crippen LogP contribution is 2.31. The Bertz CT molecular complexity index is 345. The number of rotatable bonds is 2. The maximum atomic E-state index is 13.2. The Balaban J connectivity index is 3.39. The van der Waals surface area contributed by atoms with Crippen LogP contribution in [-0.2, 0) is 5.54 Å². The lowest BCUT2D eigenvalue weighted by Gasteiger charge is -2.22. The third-order valence-corrected chi connectivity index (χ3v) is 1.95. The van der Waals surface area contributed by atoms with E-state index in [1.54, 1.807) is 13.8 Å². The maximum Gasteiger partial charge on any atom is 0.200 e. The summed E-state index contributed by atoms with van der Waals surface area (Å²) in [6, 6.07) is 2.47. The van der Waals surface area contributed by atoms with Gasteiger partial charge in [-0.3, -0.25) is 0 Å². The Hall–Kier alpha value is -1.16. The van der Waals surface area contributed by atoms with Gasteiger partial charge in [-0.15, -0.1) is 0 Å². The van der Waals surface area contributed by atoms with Crippen LogP contribution in [0.3, 0.4) is 0 Å². The topological polar surface area (TPSA) is 35.2 Å². The molecule has 0 aliphatic heterocycles. The highest BCUT2D eigenvalue weighted by Gasteiger charge is 2.23. The van der Waals surface area contributed by atoms with E-state index in [1.807, 2.05) is 0 Å². The SMILES string of the molecule is COc1c(C(C)(C)N)ccc(F)c1F. The second kappa shape index (κ2) is 3.53. The van der Waals surface area contributed by atoms with Crippen molar-refractivity contribution in [2.45, 2.75) is 19.4 Å². The lowest BCUT2D eigenvalue weighted by atomic mass is 9.94. The molecule has 2 nitrogen and oxygen atoms in total. The Morgan fingerprint density at radius 3 is 2.29 bits per heavy atom. The molecule has 2 N–H and O–H groups in total. The zero-order valence-corrected chi connectivity index (χ0v) is 8.40. The van der Waals surface area contributed by atoms with Gasteiger partial charge in [0.15, 0.2) is 11.6 Å². The fraction of sp³-hybridized carbons (Fsp3) is 0.400. The zero-order valence-electron chi connectivity index (χ0n) is 8.40. The molecule has 0 unspecified atom stereocenters. The third-order valence-electron chi connectivity index (χ3n) is 1.95. The predicted molar refractivity (Wildman–Crippen MR) is 50.1 cm³/mol. The number of halogens is 2. The molecule has 0 atom stereocenters. The van der Waals surface area contributed by atoms with Gasteiger partial charge in [0.25, 0.3) is 0 Å². The second-order valence-corrected chi connectivity index (χ2v) is 3.66. The normalized spacial score (nSPS) is 11.6. The number of ether oxygens (including phenoxy) is 1. The summed E-state index contributed by atoms with van der Waals surface area (Å²) < 4.78 is 30.9. The Kier molecular flexibility index (Phi) is 2.76. The molecule has 78 valence electrons. The fourth-order valence-electron chi connectivity index (χ4n) is 1.24. The summed E-state index contributed by atoms with van der Waals surface area (Å²) in [6.45, 7) is 3.39. The molecular weight excluding hydrogens is 188 g/mol. The van der Waals surface area contributed by atoms with E-state index in [-0.39, 0.29) is 5.75 Å². The van der Waals surface area contributed by atoms with Gasteiger partial charge in [0.2, 0.25) is 5.82 Å². The standard InChI is InChI=1S/C10H13F2NO/c1-10(2,13)6-4-5-7(11)8(12)9(6)14-3/h4-5H,13H2,1-3H3. The number of methoxy groups -OCH3 is 1. The van der Waals surface area contributed by atoms with Crippen molar-refractivity contribution >= 4 is 0 Å². The molecule has 14 heavy (non-hydrogen) atoms. The van der Waals surface area contributed by atoms with Crippen LogP contribution in [0, 0.1) is 11.6 Å². The van der Waals surface area contributed by atoms with Crippen molar-refractivity contribution in [1.29, 1.82) is 0 Å². The predicted octanol–water partition coefficient (Wildman–Crippen LogP) is 2.17. The van der Waals surface area contributed by atoms with Gasteiger partial charge in [-0.25, -0.2) is 4.39 Å². The molecule has 0 fully saturated rings. The van der Waals surface area contributed by atoms with Crippen LogP contribution >= 0.6 is 0 Å². The number of hydrogen-bond acceptors (Lipinski definition) is 2. The average Bonchev–Trinajstić information content (AvgIpc) is 2.07. The molecule has 0 bridgehead atoms. The van der Waals surface area contributed by atoms with Gasteiger partial charge in [0.05, 0.1) is 7.11 Å². The molecule has 0 saturated carbocycles. The minimum Gasteiger partial charge on any atom is -0.493 e. The van der Waals surface area contributed by atoms with E-state index < -0.39 is 17.2 Å². The van der Waals surface area contributed by atoms with Gasteiger partial charge in [-0.05, 0) is 19.9 Å². The van der Waals surface area contributed by atoms with Crippen molar-refractivity contribution in [3.05, 3.63) is 29.3 Å². The summed E-state index contributed by atoms with van der Waals surface area (Å²) in [5, 5.41) is 0. The molecule has 0 aromatic heterocycles. The van der Waals surface area contributed by atoms with Crippen LogP contribution in [0.4, 0.5) is 8.78 Å². The summed E-state index contributed by atoms with van der Waals surface area (Å²) in [4.78, 5) is 0. The first kappa shape index (κ1) is 10.9. The average molecular weight is 201 g/mol. The lowest BCUT2D eigenvalue weighted by molar-refractivity contribution is 0.355. The fourth-order valence-corrected chi connectivity index (χ4v) is 1.24. The van der Waals surface area contributed by atoms with Crippen LogP contribution < -0.4 is 10.5 Å². The highest BCUT2D eigenvalue weighted by atomic mass is 19.2. The van der Waals surface area contributed by atoms with Gasteiger partial charge in [0, 0.05) is 11.1 Å². The van der Waals surface area contributed by atoms with Crippen molar-refractivity contribution < 1.29 is 13.5 Å². The molecule has 0 saturated heterocycles. The summed E-state index contributed by atoms with van der Waals surface area (Å²) in [7, 11) is 1.28. The summed E-state index contributed by atoms with van der Waals surface area (Å²) >= 11 is 0. The Morgan fingerprint density at radius 1 is 1.29 bits per heavy atom. The second-order valence-electron chi connectivity index (χ2n) is 3.66. The smallest absolute Gasteiger partial charge is 0.200 e. The van der Waals surface area contributed by atoms with Crippen molar-refractivity contribution in [2.24, 2.45) is 5.73 Å². The van der Waals surface area contributed by atoms with Gasteiger partial charge >= 0.3 is 0 Å². The Labute approximate surface area is 81.7 Å². The van der Waals surface area contributed by atoms with E-state index >= 15 is 0 Å². The number of hydrogen-bond donors (Lipinski definition) is 1. The molecule has 1 aromatic rings. The highest BCUT2D eigenvalue weighted by molar-refractivity contribution is 5.39. The van der Waals surface area contributed by atoms with E-state index in [0.717, 1.165) is 6.07 Å². The van der Waals surface area contributed by atoms with Crippen LogP contribution in [0.25, 0.3) is 0 Å². The van der Waals surface area contributed by atoms with E-state index in [4.69, 9.17) is 10.5 Å². The van der Waals surface area contributed by atoms with Crippen molar-refractivity contribution in [2.75, 3.05) is 7.11 Å². The third kappa shape index (κ3) is 1.85. The largest absolute Gasteiger partial charge is 0.493 e. The molecule has 0 aliphatic carbocycles. The molecular formula is C10H13F2NO. The van der Waals surface area contributed by atoms with Crippen LogP contribution in [0.5, 0.6) is 5.75 Å². The van der Waals surface area contributed by atoms with Crippen LogP contribution in [-0.4, -0.2) is 7.11 Å². The first-order valence-corrected chi connectivity index (χ1v) is 4.19. The van der Waals surface area contributed by atoms with Crippen LogP contribution in [0.15, 0.2) is 12.1 Å². The summed E-state index contributed by atoms with van der Waals surface area (Å²) in [5.74, 6) is -2.06. The molecule has 0 amide bonds. The molecule has 0 radical (unpaired) electrons. The van der Waals surface area contributed by atoms with E-state index in [0.29, 0.717) is 5.56 Å². The Morgan fingerprint density at radius 2 is 1.86 bits per heavy atom. The molecule has 1 aromatic carbocycles. The molecule has 0 spiro atoms. The van der Waals surface area contributed by atoms with Gasteiger partial charge in [0.1, 0.15) is 0 Å². The van der Waals surface area contributed by atoms with Crippen molar-refractivity contribution in [3.63, 3.8) is 0 Å². The summed E-state index contributed by atoms with van der Waals surface area (Å²) in [5.41, 5.74) is 5.46. The minimum atomic E-state index is -0.997. The van der Waals surface area contributed by atoms with E-state index in [9.17, 15) is 8.78 Å². The van der Waals surface area contributed by atoms with Crippen molar-refractivity contribution in [3.8, 4) is 5.75 Å². The van der Waals surface area contributed by atoms with Crippen LogP contribution in [0.1, 0.15) is 19.4 Å². The molecule has 4 heteroatoms. The monoisotopic (exact) mass is 201 g/mol. The summed E-state index contributed by atoms with van der Waals surface area (Å²) in [6.07, 6.45) is 0. The molecule has 1 rings (SSSR count). The van der Waals surface area contributed by atoms with E-state index in [1.165, 1.54) is 13.2 Å². The number of nitrogens with two attached hydrogens (primary N) is 1. The maximum absolute atomic E-state index is 13.2. The first-order chi connectivity index (χ1) is 6.38. The first-order valence-electron chi connectivity index (χ1n) is 4.19. The quantitative estimate of drug-likeness (QED) is 0.795. The van der Waals surface area contributed by atoms with Gasteiger partial charge in [-0.2, -0.15) is 4.39 Å². The number of benzene rings is 1. The minimum absolute atomic E-state index is 0.127. The van der Waals surface area contributed by atoms with Gasteiger partial charge in [-0.1, -0.05) is 6.07 Å². The molecule has 0 aliphatic rings. The van der Waals surface area contributed by atoms with Gasteiger partial charge < -0.3 is 10.5 Å². The van der Waals surface area contributed by atoms with E-state index in [2.05, 4.69) is 0 Å². The van der Waals surface area contributed by atoms with Crippen LogP contribution in [0.2, 0.25) is 0 Å². The van der Waals surface area contributed by atoms with Crippen molar-refractivity contribution in [1.82, 2.24) is 0 Å². The molecule has 0 heterocycles. The zero-order chi connectivity index (χ0) is 10.9. The lowest BCUT2D eigenvalue weighted by Crippen LogP contribution is -2.29.